The Bertz CT molecular complexity index is 679. The zero-order valence-electron chi connectivity index (χ0n) is 14.7. The van der Waals surface area contributed by atoms with Gasteiger partial charge in [0.2, 0.25) is 0 Å². The van der Waals surface area contributed by atoms with Gasteiger partial charge in [-0.2, -0.15) is 0 Å². The van der Waals surface area contributed by atoms with Crippen molar-refractivity contribution in [3.05, 3.63) is 43.0 Å². The average Bonchev–Trinajstić information content (AvgIpc) is 3.29. The number of ether oxygens (including phenoxy) is 2. The molecule has 0 bridgehead atoms. The Morgan fingerprint density at radius 1 is 1.48 bits per heavy atom. The minimum absolute atomic E-state index is 0.0817. The molecule has 1 aromatic carbocycles. The van der Waals surface area contributed by atoms with Gasteiger partial charge in [-0.25, -0.2) is 4.98 Å². The standard InChI is InChI=1S/C19H25N3O3/c1-14(2)18(25-12-17-7-4-10-24-17)19(23)21-15-5-3-6-16(11-15)22-9-8-20-13-22/h3,5-6,8-9,11,13-14,17-18H,4,7,10,12H2,1-2H3,(H,21,23)/t17-,18-/m0/s1. The summed E-state index contributed by atoms with van der Waals surface area (Å²) in [5.74, 6) is -0.0472. The molecule has 0 radical (unpaired) electrons. The van der Waals surface area contributed by atoms with Gasteiger partial charge in [-0.15, -0.1) is 0 Å². The summed E-state index contributed by atoms with van der Waals surface area (Å²) in [5, 5.41) is 2.96. The molecule has 134 valence electrons. The molecule has 0 saturated carbocycles. The fourth-order valence-electron chi connectivity index (χ4n) is 2.93. The number of amides is 1. The second-order valence-electron chi connectivity index (χ2n) is 6.64. The molecule has 1 amide bonds. The van der Waals surface area contributed by atoms with Crippen LogP contribution in [0.4, 0.5) is 5.69 Å². The Kier molecular flexibility index (Phi) is 5.83. The Hall–Kier alpha value is -2.18. The van der Waals surface area contributed by atoms with Crippen LogP contribution in [-0.4, -0.2) is 40.9 Å². The van der Waals surface area contributed by atoms with Gasteiger partial charge in [0.1, 0.15) is 6.10 Å². The number of hydrogen-bond acceptors (Lipinski definition) is 4. The van der Waals surface area contributed by atoms with Crippen molar-refractivity contribution in [3.63, 3.8) is 0 Å². The van der Waals surface area contributed by atoms with Crippen molar-refractivity contribution >= 4 is 11.6 Å². The van der Waals surface area contributed by atoms with Crippen molar-refractivity contribution in [2.24, 2.45) is 5.92 Å². The van der Waals surface area contributed by atoms with Crippen molar-refractivity contribution in [3.8, 4) is 5.69 Å². The number of carbonyl (C=O) groups is 1. The van der Waals surface area contributed by atoms with Gasteiger partial charge in [0.05, 0.1) is 19.0 Å². The van der Waals surface area contributed by atoms with Crippen LogP contribution >= 0.6 is 0 Å². The highest BCUT2D eigenvalue weighted by atomic mass is 16.5. The van der Waals surface area contributed by atoms with E-state index >= 15 is 0 Å². The van der Waals surface area contributed by atoms with E-state index in [1.165, 1.54) is 0 Å². The summed E-state index contributed by atoms with van der Waals surface area (Å²) in [6, 6.07) is 7.65. The quantitative estimate of drug-likeness (QED) is 0.839. The maximum atomic E-state index is 12.7. The maximum Gasteiger partial charge on any atom is 0.253 e. The summed E-state index contributed by atoms with van der Waals surface area (Å²) < 4.78 is 13.3. The fourth-order valence-corrected chi connectivity index (χ4v) is 2.93. The van der Waals surface area contributed by atoms with Crippen molar-refractivity contribution in [2.45, 2.75) is 38.9 Å². The van der Waals surface area contributed by atoms with Gasteiger partial charge < -0.3 is 19.4 Å². The van der Waals surface area contributed by atoms with Crippen LogP contribution in [0.25, 0.3) is 5.69 Å². The van der Waals surface area contributed by atoms with Gasteiger partial charge in [-0.1, -0.05) is 19.9 Å². The third kappa shape index (κ3) is 4.67. The molecule has 0 unspecified atom stereocenters. The maximum absolute atomic E-state index is 12.7. The lowest BCUT2D eigenvalue weighted by molar-refractivity contribution is -0.132. The van der Waals surface area contributed by atoms with Crippen LogP contribution in [0.1, 0.15) is 26.7 Å². The number of rotatable bonds is 7. The lowest BCUT2D eigenvalue weighted by atomic mass is 10.1. The van der Waals surface area contributed by atoms with Gasteiger partial charge in [0.25, 0.3) is 5.91 Å². The topological polar surface area (TPSA) is 65.4 Å². The largest absolute Gasteiger partial charge is 0.376 e. The van der Waals surface area contributed by atoms with E-state index in [9.17, 15) is 4.79 Å². The molecule has 0 aliphatic carbocycles. The molecule has 1 aromatic heterocycles. The van der Waals surface area contributed by atoms with Crippen LogP contribution in [0.5, 0.6) is 0 Å². The molecule has 6 nitrogen and oxygen atoms in total. The highest BCUT2D eigenvalue weighted by Crippen LogP contribution is 2.18. The van der Waals surface area contributed by atoms with E-state index < -0.39 is 6.10 Å². The molecule has 0 spiro atoms. The van der Waals surface area contributed by atoms with E-state index in [1.54, 1.807) is 12.5 Å². The van der Waals surface area contributed by atoms with Gasteiger partial charge in [-0.3, -0.25) is 4.79 Å². The second-order valence-corrected chi connectivity index (χ2v) is 6.64. The Morgan fingerprint density at radius 3 is 3.04 bits per heavy atom. The molecule has 2 heterocycles. The molecule has 1 fully saturated rings. The summed E-state index contributed by atoms with van der Waals surface area (Å²) >= 11 is 0. The number of benzene rings is 1. The molecule has 1 N–H and O–H groups in total. The smallest absolute Gasteiger partial charge is 0.253 e. The zero-order chi connectivity index (χ0) is 17.6. The first-order chi connectivity index (χ1) is 12.1. The van der Waals surface area contributed by atoms with E-state index in [0.717, 1.165) is 30.8 Å². The number of imidazole rings is 1. The molecule has 2 atom stereocenters. The van der Waals surface area contributed by atoms with Crippen LogP contribution in [0.3, 0.4) is 0 Å². The number of nitrogens with one attached hydrogen (secondary N) is 1. The van der Waals surface area contributed by atoms with E-state index in [2.05, 4.69) is 10.3 Å². The summed E-state index contributed by atoms with van der Waals surface area (Å²) in [5.41, 5.74) is 1.68. The predicted octanol–water partition coefficient (Wildman–Crippen LogP) is 3.03. The summed E-state index contributed by atoms with van der Waals surface area (Å²) in [6.07, 6.45) is 6.98. The molecule has 1 saturated heterocycles. The van der Waals surface area contributed by atoms with Crippen LogP contribution in [0.15, 0.2) is 43.0 Å². The first kappa shape index (κ1) is 17.6. The lowest BCUT2D eigenvalue weighted by Gasteiger charge is -2.22. The first-order valence-corrected chi connectivity index (χ1v) is 8.76. The van der Waals surface area contributed by atoms with Crippen molar-refractivity contribution in [1.82, 2.24) is 9.55 Å². The first-order valence-electron chi connectivity index (χ1n) is 8.76. The molecule has 6 heteroatoms. The Morgan fingerprint density at radius 2 is 2.36 bits per heavy atom. The molecule has 25 heavy (non-hydrogen) atoms. The summed E-state index contributed by atoms with van der Waals surface area (Å²) in [7, 11) is 0. The van der Waals surface area contributed by atoms with Crippen molar-refractivity contribution < 1.29 is 14.3 Å². The molecule has 1 aliphatic heterocycles. The third-order valence-electron chi connectivity index (χ3n) is 4.27. The number of anilines is 1. The molecular formula is C19H25N3O3. The molecule has 1 aliphatic rings. The molecule has 3 rings (SSSR count). The fraction of sp³-hybridized carbons (Fsp3) is 0.474. The third-order valence-corrected chi connectivity index (χ3v) is 4.27. The van der Waals surface area contributed by atoms with Crippen LogP contribution in [0.2, 0.25) is 0 Å². The average molecular weight is 343 g/mol. The van der Waals surface area contributed by atoms with E-state index in [1.807, 2.05) is 48.9 Å². The van der Waals surface area contributed by atoms with Gasteiger partial charge in [-0.05, 0) is 37.0 Å². The Labute approximate surface area is 148 Å². The summed E-state index contributed by atoms with van der Waals surface area (Å²) in [4.78, 5) is 16.7. The monoisotopic (exact) mass is 343 g/mol. The summed E-state index contributed by atoms with van der Waals surface area (Å²) in [6.45, 7) is 5.22. The lowest BCUT2D eigenvalue weighted by Crippen LogP contribution is -2.36. The highest BCUT2D eigenvalue weighted by molar-refractivity contribution is 5.94. The highest BCUT2D eigenvalue weighted by Gasteiger charge is 2.26. The van der Waals surface area contributed by atoms with Crippen molar-refractivity contribution in [1.29, 1.82) is 0 Å². The minimum atomic E-state index is -0.499. The van der Waals surface area contributed by atoms with Crippen LogP contribution in [0, 0.1) is 5.92 Å². The van der Waals surface area contributed by atoms with E-state index in [0.29, 0.717) is 6.61 Å². The van der Waals surface area contributed by atoms with Crippen LogP contribution in [-0.2, 0) is 14.3 Å². The van der Waals surface area contributed by atoms with Crippen molar-refractivity contribution in [2.75, 3.05) is 18.5 Å². The van der Waals surface area contributed by atoms with E-state index in [-0.39, 0.29) is 17.9 Å². The van der Waals surface area contributed by atoms with E-state index in [4.69, 9.17) is 9.47 Å². The van der Waals surface area contributed by atoms with Gasteiger partial charge >= 0.3 is 0 Å². The predicted molar refractivity (Wildman–Crippen MR) is 95.7 cm³/mol. The number of hydrogen-bond donors (Lipinski definition) is 1. The van der Waals surface area contributed by atoms with Crippen LogP contribution < -0.4 is 5.32 Å². The molecule has 2 aromatic rings. The number of carbonyl (C=O) groups excluding carboxylic acids is 1. The molecular weight excluding hydrogens is 318 g/mol. The minimum Gasteiger partial charge on any atom is -0.376 e. The number of nitrogens with zero attached hydrogens (tertiary/aromatic N) is 2. The number of aromatic nitrogens is 2. The normalized spacial score (nSPS) is 18.4. The SMILES string of the molecule is CC(C)[C@H](OC[C@@H]1CCCO1)C(=O)Nc1cccc(-n2ccnc2)c1. The van der Waals surface area contributed by atoms with Gasteiger partial charge in [0.15, 0.2) is 0 Å². The Balaban J connectivity index is 1.63. The second kappa shape index (κ2) is 8.27. The van der Waals surface area contributed by atoms with Gasteiger partial charge in [0, 0.05) is 30.4 Å². The zero-order valence-corrected chi connectivity index (χ0v) is 14.7.